The Morgan fingerprint density at radius 3 is 1.77 bits per heavy atom. The van der Waals surface area contributed by atoms with Gasteiger partial charge in [-0.2, -0.15) is 0 Å². The highest BCUT2D eigenvalue weighted by Gasteiger charge is 2.49. The topological polar surface area (TPSA) is 21.3 Å². The number of hydrogen-bond acceptors (Lipinski definition) is 2. The molecule has 140 valence electrons. The van der Waals surface area contributed by atoms with E-state index in [-0.39, 0.29) is 0 Å². The van der Waals surface area contributed by atoms with E-state index in [1.165, 1.54) is 17.5 Å². The van der Waals surface area contributed by atoms with Gasteiger partial charge in [0.1, 0.15) is 5.60 Å². The molecule has 0 spiro atoms. The molecule has 0 radical (unpaired) electrons. The van der Waals surface area contributed by atoms with Crippen molar-refractivity contribution in [3.63, 3.8) is 0 Å². The van der Waals surface area contributed by atoms with Crippen molar-refractivity contribution in [2.45, 2.75) is 63.4 Å². The first-order chi connectivity index (χ1) is 12.7. The Kier molecular flexibility index (Phi) is 6.33. The van der Waals surface area contributed by atoms with E-state index in [1.54, 1.807) is 0 Å². The van der Waals surface area contributed by atoms with Gasteiger partial charge >= 0.3 is 0 Å². The van der Waals surface area contributed by atoms with Crippen molar-refractivity contribution in [2.75, 3.05) is 6.54 Å². The molecule has 2 nitrogen and oxygen atoms in total. The average Bonchev–Trinajstić information content (AvgIpc) is 3.26. The zero-order valence-corrected chi connectivity index (χ0v) is 17.5. The van der Waals surface area contributed by atoms with Gasteiger partial charge in [0.15, 0.2) is 8.32 Å². The van der Waals surface area contributed by atoms with Gasteiger partial charge in [-0.3, -0.25) is 0 Å². The maximum Gasteiger partial charge on any atom is 0.193 e. The van der Waals surface area contributed by atoms with Crippen LogP contribution in [0, 0.1) is 0 Å². The normalized spacial score (nSPS) is 18.2. The second-order valence-corrected chi connectivity index (χ2v) is 12.2. The fourth-order valence-electron chi connectivity index (χ4n) is 4.47. The molecular formula is C23H33NOSi. The van der Waals surface area contributed by atoms with Crippen LogP contribution in [0.4, 0.5) is 0 Å². The largest absolute Gasteiger partial charge is 0.402 e. The van der Waals surface area contributed by atoms with Crippen LogP contribution in [-0.2, 0) is 10.0 Å². The highest BCUT2D eigenvalue weighted by molar-refractivity contribution is 6.73. The maximum absolute atomic E-state index is 7.41. The molecule has 1 aliphatic heterocycles. The molecule has 1 N–H and O–H groups in total. The van der Waals surface area contributed by atoms with Crippen molar-refractivity contribution in [3.05, 3.63) is 71.8 Å². The summed E-state index contributed by atoms with van der Waals surface area (Å²) in [4.78, 5) is 0. The maximum atomic E-state index is 7.41. The van der Waals surface area contributed by atoms with Gasteiger partial charge in [0.2, 0.25) is 0 Å². The van der Waals surface area contributed by atoms with Gasteiger partial charge in [0, 0.05) is 6.04 Å². The van der Waals surface area contributed by atoms with E-state index in [9.17, 15) is 0 Å². The summed E-state index contributed by atoms with van der Waals surface area (Å²) in [7, 11) is -1.83. The molecule has 2 aromatic rings. The van der Waals surface area contributed by atoms with Crippen LogP contribution in [0.25, 0.3) is 0 Å². The Morgan fingerprint density at radius 1 is 0.885 bits per heavy atom. The molecule has 1 saturated heterocycles. The van der Waals surface area contributed by atoms with Crippen LogP contribution < -0.4 is 5.32 Å². The molecule has 3 rings (SSSR count). The van der Waals surface area contributed by atoms with E-state index in [0.29, 0.717) is 6.04 Å². The van der Waals surface area contributed by atoms with Crippen LogP contribution in [0.5, 0.6) is 0 Å². The lowest BCUT2D eigenvalue weighted by atomic mass is 9.79. The fourth-order valence-corrected chi connectivity index (χ4v) is 7.46. The van der Waals surface area contributed by atoms with Gasteiger partial charge in [-0.05, 0) is 48.6 Å². The lowest BCUT2D eigenvalue weighted by Crippen LogP contribution is -2.55. The van der Waals surface area contributed by atoms with Gasteiger partial charge in [-0.1, -0.05) is 81.4 Å². The molecule has 1 heterocycles. The summed E-state index contributed by atoms with van der Waals surface area (Å²) in [6, 6.07) is 25.6. The monoisotopic (exact) mass is 367 g/mol. The van der Waals surface area contributed by atoms with Crippen LogP contribution in [0.2, 0.25) is 18.1 Å². The predicted octanol–water partition coefficient (Wildman–Crippen LogP) is 5.70. The lowest BCUT2D eigenvalue weighted by molar-refractivity contribution is 0.0592. The first-order valence-electron chi connectivity index (χ1n) is 10.3. The first-order valence-corrected chi connectivity index (χ1v) is 12.8. The summed E-state index contributed by atoms with van der Waals surface area (Å²) in [6.07, 6.45) is 2.37. The van der Waals surface area contributed by atoms with Crippen LogP contribution in [0.15, 0.2) is 60.7 Å². The third kappa shape index (κ3) is 3.53. The van der Waals surface area contributed by atoms with E-state index in [0.717, 1.165) is 31.1 Å². The number of hydrogen-bond donors (Lipinski definition) is 1. The van der Waals surface area contributed by atoms with Crippen LogP contribution in [0.1, 0.15) is 44.7 Å². The molecule has 1 unspecified atom stereocenters. The van der Waals surface area contributed by atoms with Crippen LogP contribution in [-0.4, -0.2) is 20.9 Å². The van der Waals surface area contributed by atoms with E-state index >= 15 is 0 Å². The molecule has 0 aromatic heterocycles. The molecule has 1 atom stereocenters. The molecule has 0 bridgehead atoms. The van der Waals surface area contributed by atoms with E-state index < -0.39 is 13.9 Å². The van der Waals surface area contributed by atoms with Crippen LogP contribution in [0.3, 0.4) is 0 Å². The fraction of sp³-hybridized carbons (Fsp3) is 0.478. The van der Waals surface area contributed by atoms with Crippen molar-refractivity contribution in [3.8, 4) is 0 Å². The molecule has 0 saturated carbocycles. The van der Waals surface area contributed by atoms with Crippen molar-refractivity contribution in [1.29, 1.82) is 0 Å². The molecular weight excluding hydrogens is 334 g/mol. The van der Waals surface area contributed by atoms with Gasteiger partial charge in [-0.25, -0.2) is 0 Å². The first kappa shape index (κ1) is 19.3. The molecule has 1 aliphatic rings. The summed E-state index contributed by atoms with van der Waals surface area (Å²) in [5.74, 6) is 0. The van der Waals surface area contributed by atoms with Crippen LogP contribution >= 0.6 is 0 Å². The second kappa shape index (κ2) is 8.51. The Bertz CT molecular complexity index is 615. The Labute approximate surface area is 160 Å². The van der Waals surface area contributed by atoms with Gasteiger partial charge in [-0.15, -0.1) is 0 Å². The van der Waals surface area contributed by atoms with Crippen molar-refractivity contribution < 1.29 is 4.43 Å². The number of rotatable bonds is 8. The van der Waals surface area contributed by atoms with Crippen molar-refractivity contribution in [2.24, 2.45) is 0 Å². The van der Waals surface area contributed by atoms with Gasteiger partial charge in [0.25, 0.3) is 0 Å². The third-order valence-electron chi connectivity index (χ3n) is 6.27. The van der Waals surface area contributed by atoms with E-state index in [1.807, 2.05) is 0 Å². The zero-order chi connectivity index (χ0) is 18.5. The summed E-state index contributed by atoms with van der Waals surface area (Å²) in [6.45, 7) is 8.04. The number of benzene rings is 2. The SMILES string of the molecule is CC[Si](CC)(CC)OC(c1ccccc1)(c1ccccc1)C1CCCN1. The molecule has 2 aromatic carbocycles. The summed E-state index contributed by atoms with van der Waals surface area (Å²) in [5, 5.41) is 3.79. The van der Waals surface area contributed by atoms with Crippen molar-refractivity contribution >= 4 is 8.32 Å². The lowest BCUT2D eigenvalue weighted by Gasteiger charge is -2.47. The Balaban J connectivity index is 2.21. The minimum atomic E-state index is -1.83. The minimum absolute atomic E-state index is 0.323. The average molecular weight is 368 g/mol. The zero-order valence-electron chi connectivity index (χ0n) is 16.5. The number of nitrogens with one attached hydrogen (secondary N) is 1. The summed E-state index contributed by atoms with van der Waals surface area (Å²) in [5.41, 5.74) is 2.18. The molecule has 3 heteroatoms. The molecule has 26 heavy (non-hydrogen) atoms. The standard InChI is InChI=1S/C23H33NOSi/c1-4-26(5-2,6-3)25-23(22-18-13-19-24-22,20-14-9-7-10-15-20)21-16-11-8-12-17-21/h7-12,14-17,22,24H,4-6,13,18-19H2,1-3H3. The molecule has 0 aliphatic carbocycles. The second-order valence-electron chi connectivity index (χ2n) is 7.46. The molecule has 0 amide bonds. The Morgan fingerprint density at radius 2 is 1.38 bits per heavy atom. The van der Waals surface area contributed by atoms with E-state index in [2.05, 4.69) is 86.8 Å². The minimum Gasteiger partial charge on any atom is -0.402 e. The summed E-state index contributed by atoms with van der Waals surface area (Å²) < 4.78 is 7.41. The smallest absolute Gasteiger partial charge is 0.193 e. The quantitative estimate of drug-likeness (QED) is 0.604. The third-order valence-corrected chi connectivity index (χ3v) is 10.9. The van der Waals surface area contributed by atoms with Gasteiger partial charge < -0.3 is 9.74 Å². The highest BCUT2D eigenvalue weighted by atomic mass is 28.4. The van der Waals surface area contributed by atoms with Crippen molar-refractivity contribution in [1.82, 2.24) is 5.32 Å². The van der Waals surface area contributed by atoms with E-state index in [4.69, 9.17) is 4.43 Å². The Hall–Kier alpha value is -1.42. The molecule has 1 fully saturated rings. The van der Waals surface area contributed by atoms with Gasteiger partial charge in [0.05, 0.1) is 0 Å². The summed E-state index contributed by atoms with van der Waals surface area (Å²) >= 11 is 0. The highest BCUT2D eigenvalue weighted by Crippen LogP contribution is 2.44. The predicted molar refractivity (Wildman–Crippen MR) is 113 cm³/mol.